The van der Waals surface area contributed by atoms with Gasteiger partial charge in [0.05, 0.1) is 11.4 Å². The highest BCUT2D eigenvalue weighted by molar-refractivity contribution is 7.00. The lowest BCUT2D eigenvalue weighted by molar-refractivity contribution is 0.591. The van der Waals surface area contributed by atoms with Crippen molar-refractivity contribution in [3.63, 3.8) is 0 Å². The van der Waals surface area contributed by atoms with Gasteiger partial charge in [-0.25, -0.2) is 0 Å². The average molecular weight is 705 g/mol. The van der Waals surface area contributed by atoms with Crippen LogP contribution in [-0.4, -0.2) is 8.07 Å². The summed E-state index contributed by atoms with van der Waals surface area (Å²) in [6.07, 6.45) is 0. The Morgan fingerprint density at radius 1 is 0.453 bits per heavy atom. The number of hydrogen-bond acceptors (Lipinski definition) is 2. The third-order valence-corrected chi connectivity index (χ3v) is 15.4. The zero-order valence-electron chi connectivity index (χ0n) is 32.5. The van der Waals surface area contributed by atoms with E-state index >= 15 is 0 Å². The van der Waals surface area contributed by atoms with Crippen molar-refractivity contribution in [1.29, 1.82) is 0 Å². The van der Waals surface area contributed by atoms with Gasteiger partial charge in [0, 0.05) is 38.9 Å². The Balaban J connectivity index is 1.51. The van der Waals surface area contributed by atoms with Gasteiger partial charge >= 0.3 is 0 Å². The van der Waals surface area contributed by atoms with Gasteiger partial charge < -0.3 is 9.80 Å². The Morgan fingerprint density at radius 3 is 1.36 bits per heavy atom. The number of benzene rings is 8. The summed E-state index contributed by atoms with van der Waals surface area (Å²) in [7, 11) is -2.13. The highest BCUT2D eigenvalue weighted by Gasteiger charge is 2.31. The maximum atomic E-state index is 2.55. The van der Waals surface area contributed by atoms with Gasteiger partial charge in [-0.2, -0.15) is 0 Å². The Hall–Kier alpha value is -5.38. The molecule has 3 heteroatoms. The fraction of sp³-hybridized carbons (Fsp3) is 0.200. The van der Waals surface area contributed by atoms with E-state index in [4.69, 9.17) is 0 Å². The Kier molecular flexibility index (Phi) is 7.46. The van der Waals surface area contributed by atoms with Crippen LogP contribution in [0.1, 0.15) is 48.6 Å². The van der Waals surface area contributed by atoms with Gasteiger partial charge in [-0.05, 0) is 108 Å². The lowest BCUT2D eigenvalue weighted by Crippen LogP contribution is -2.53. The first-order valence-corrected chi connectivity index (χ1v) is 22.0. The third-order valence-electron chi connectivity index (χ3n) is 11.9. The van der Waals surface area contributed by atoms with Crippen molar-refractivity contribution >= 4 is 84.9 Å². The zero-order chi connectivity index (χ0) is 37.0. The highest BCUT2D eigenvalue weighted by atomic mass is 28.3. The topological polar surface area (TPSA) is 6.48 Å². The summed E-state index contributed by atoms with van der Waals surface area (Å²) in [5.41, 5.74) is 13.7. The van der Waals surface area contributed by atoms with Crippen LogP contribution in [0.3, 0.4) is 0 Å². The minimum atomic E-state index is -2.13. The van der Waals surface area contributed by atoms with Crippen LogP contribution in [0.25, 0.3) is 32.3 Å². The van der Waals surface area contributed by atoms with E-state index in [0.717, 1.165) is 0 Å². The molecule has 0 saturated carbocycles. The second-order valence-corrected chi connectivity index (χ2v) is 21.4. The molecular weight excluding hydrogens is 657 g/mol. The SMILES string of the molecule is Cc1ccc(N2c3cccc(c3)[Si](C)(C)c3cccc(c3)N(c3ccc(C)cc3C)c3cc2c2ccc4cc(C(C)(C)C)cc5ccc3c2c45)c(C)c1. The maximum Gasteiger partial charge on any atom is 0.112 e. The molecule has 0 radical (unpaired) electrons. The van der Waals surface area contributed by atoms with Gasteiger partial charge in [0.2, 0.25) is 0 Å². The summed E-state index contributed by atoms with van der Waals surface area (Å²) in [6.45, 7) is 20.9. The van der Waals surface area contributed by atoms with Crippen LogP contribution in [0.15, 0.2) is 127 Å². The fourth-order valence-electron chi connectivity index (χ4n) is 8.84. The molecule has 8 aromatic carbocycles. The molecule has 8 aromatic rings. The van der Waals surface area contributed by atoms with Crippen LogP contribution < -0.4 is 20.2 Å². The molecular formula is C50H48N2Si. The van der Waals surface area contributed by atoms with Crippen molar-refractivity contribution in [3.8, 4) is 0 Å². The molecule has 0 saturated heterocycles. The molecule has 1 aliphatic rings. The third kappa shape index (κ3) is 5.28. The quantitative estimate of drug-likeness (QED) is 0.131. The molecule has 0 fully saturated rings. The molecule has 0 N–H and O–H groups in total. The summed E-state index contributed by atoms with van der Waals surface area (Å²) in [5, 5.41) is 10.6. The normalized spacial score (nSPS) is 14.2. The summed E-state index contributed by atoms with van der Waals surface area (Å²) in [6, 6.07) is 49.5. The fourth-order valence-corrected chi connectivity index (χ4v) is 11.2. The minimum Gasteiger partial charge on any atom is -0.310 e. The Bertz CT molecular complexity index is 2580. The van der Waals surface area contributed by atoms with E-state index in [2.05, 4.69) is 199 Å². The van der Waals surface area contributed by atoms with E-state index in [0.29, 0.717) is 0 Å². The van der Waals surface area contributed by atoms with Crippen LogP contribution in [0.2, 0.25) is 13.1 Å². The first-order valence-electron chi connectivity index (χ1n) is 19.0. The van der Waals surface area contributed by atoms with Gasteiger partial charge in [0.25, 0.3) is 0 Å². The molecule has 0 atom stereocenters. The molecule has 0 unspecified atom stereocenters. The van der Waals surface area contributed by atoms with Crippen LogP contribution in [0.4, 0.5) is 34.1 Å². The van der Waals surface area contributed by atoms with Gasteiger partial charge in [0.1, 0.15) is 8.07 Å². The Morgan fingerprint density at radius 2 is 0.925 bits per heavy atom. The van der Waals surface area contributed by atoms with E-state index in [1.54, 1.807) is 0 Å². The van der Waals surface area contributed by atoms with Crippen molar-refractivity contribution in [2.75, 3.05) is 9.80 Å². The number of anilines is 6. The van der Waals surface area contributed by atoms with Crippen LogP contribution >= 0.6 is 0 Å². The second kappa shape index (κ2) is 11.8. The van der Waals surface area contributed by atoms with E-state index in [1.807, 2.05) is 0 Å². The lowest BCUT2D eigenvalue weighted by atomic mass is 9.83. The van der Waals surface area contributed by atoms with Crippen LogP contribution in [0.5, 0.6) is 0 Å². The van der Waals surface area contributed by atoms with Crippen molar-refractivity contribution in [2.45, 2.75) is 67.0 Å². The van der Waals surface area contributed by atoms with Crippen molar-refractivity contribution in [1.82, 2.24) is 0 Å². The molecule has 0 aromatic heterocycles. The smallest absolute Gasteiger partial charge is 0.112 e. The number of rotatable bonds is 2. The molecule has 6 bridgehead atoms. The summed E-state index contributed by atoms with van der Waals surface area (Å²) < 4.78 is 0. The van der Waals surface area contributed by atoms with Crippen LogP contribution in [0, 0.1) is 27.7 Å². The first kappa shape index (κ1) is 33.5. The van der Waals surface area contributed by atoms with E-state index < -0.39 is 8.07 Å². The molecule has 1 heterocycles. The summed E-state index contributed by atoms with van der Waals surface area (Å²) >= 11 is 0. The predicted octanol–water partition coefficient (Wildman–Crippen LogP) is 13.2. The highest BCUT2D eigenvalue weighted by Crippen LogP contribution is 2.51. The second-order valence-electron chi connectivity index (χ2n) is 17.0. The van der Waals surface area contributed by atoms with Gasteiger partial charge in [0.15, 0.2) is 0 Å². The lowest BCUT2D eigenvalue weighted by Gasteiger charge is -2.35. The molecule has 53 heavy (non-hydrogen) atoms. The first-order chi connectivity index (χ1) is 25.3. The molecule has 1 aliphatic heterocycles. The van der Waals surface area contributed by atoms with Crippen molar-refractivity contribution in [2.24, 2.45) is 0 Å². The molecule has 0 amide bonds. The molecule has 0 spiro atoms. The van der Waals surface area contributed by atoms with E-state index in [9.17, 15) is 0 Å². The average Bonchev–Trinajstić information content (AvgIpc) is 3.12. The molecule has 0 aliphatic carbocycles. The minimum absolute atomic E-state index is 0.0428. The standard InChI is InChI=1S/C50H48N2Si/c1-31-16-22-44(33(3)24-31)51-38-12-10-14-40(28-38)53(8,9)41-15-11-13-39(29-41)52(45-23-17-32(2)25-34(45)4)47-30-46(51)42-20-18-35-26-37(50(5,6)7)27-36-19-21-43(47)49(42)48(35)36/h10-30H,1-9H3. The summed E-state index contributed by atoms with van der Waals surface area (Å²) in [5.74, 6) is 0. The molecule has 9 rings (SSSR count). The van der Waals surface area contributed by atoms with Crippen molar-refractivity contribution in [3.05, 3.63) is 155 Å². The molecule has 262 valence electrons. The number of nitrogens with zero attached hydrogens (tertiary/aromatic N) is 2. The van der Waals surface area contributed by atoms with Gasteiger partial charge in [-0.15, -0.1) is 0 Å². The zero-order valence-corrected chi connectivity index (χ0v) is 33.5. The van der Waals surface area contributed by atoms with Crippen molar-refractivity contribution < 1.29 is 0 Å². The van der Waals surface area contributed by atoms with Crippen LogP contribution in [-0.2, 0) is 5.41 Å². The number of fused-ring (bicyclic) bond motifs is 8. The van der Waals surface area contributed by atoms with E-state index in [1.165, 1.54) is 105 Å². The van der Waals surface area contributed by atoms with E-state index in [-0.39, 0.29) is 5.41 Å². The summed E-state index contributed by atoms with van der Waals surface area (Å²) in [4.78, 5) is 5.10. The molecule has 2 nitrogen and oxygen atoms in total. The predicted molar refractivity (Wildman–Crippen MR) is 234 cm³/mol. The van der Waals surface area contributed by atoms with Gasteiger partial charge in [-0.1, -0.05) is 140 Å². The number of aryl methyl sites for hydroxylation is 4. The maximum absolute atomic E-state index is 2.55. The van der Waals surface area contributed by atoms with Gasteiger partial charge in [-0.3, -0.25) is 0 Å². The Labute approximate surface area is 315 Å². The monoisotopic (exact) mass is 704 g/mol. The number of hydrogen-bond donors (Lipinski definition) is 0. The largest absolute Gasteiger partial charge is 0.310 e.